The molecule has 2 amide bonds. The maximum Gasteiger partial charge on any atom is 0.315 e. The van der Waals surface area contributed by atoms with Gasteiger partial charge < -0.3 is 15.7 Å². The number of aliphatic hydroxyl groups excluding tert-OH is 1. The average molecular weight is 172 g/mol. The Morgan fingerprint density at radius 3 is 2.75 bits per heavy atom. The van der Waals surface area contributed by atoms with Gasteiger partial charge in [0.25, 0.3) is 0 Å². The molecule has 4 nitrogen and oxygen atoms in total. The number of amides is 2. The maximum atomic E-state index is 11.0. The largest absolute Gasteiger partial charge is 0.392 e. The summed E-state index contributed by atoms with van der Waals surface area (Å²) in [5.74, 6) is 0. The Morgan fingerprint density at radius 1 is 1.67 bits per heavy atom. The van der Waals surface area contributed by atoms with Gasteiger partial charge in [-0.05, 0) is 26.2 Å². The minimum atomic E-state index is -0.475. The van der Waals surface area contributed by atoms with E-state index in [1.807, 2.05) is 0 Å². The Kier molecular flexibility index (Phi) is 3.34. The van der Waals surface area contributed by atoms with Gasteiger partial charge in [-0.2, -0.15) is 0 Å². The number of rotatable bonds is 3. The lowest BCUT2D eigenvalue weighted by Gasteiger charge is -2.26. The van der Waals surface area contributed by atoms with Crippen LogP contribution < -0.4 is 10.6 Å². The van der Waals surface area contributed by atoms with Crippen molar-refractivity contribution in [2.75, 3.05) is 6.54 Å². The fourth-order valence-corrected chi connectivity index (χ4v) is 1.03. The normalized spacial score (nSPS) is 19.5. The van der Waals surface area contributed by atoms with E-state index in [9.17, 15) is 4.79 Å². The molecular weight excluding hydrogens is 156 g/mol. The van der Waals surface area contributed by atoms with Crippen LogP contribution in [0.4, 0.5) is 4.79 Å². The highest BCUT2D eigenvalue weighted by atomic mass is 16.3. The monoisotopic (exact) mass is 172 g/mol. The van der Waals surface area contributed by atoms with E-state index in [4.69, 9.17) is 5.11 Å². The third-order valence-corrected chi connectivity index (χ3v) is 2.00. The van der Waals surface area contributed by atoms with Crippen LogP contribution in [0.1, 0.15) is 26.2 Å². The smallest absolute Gasteiger partial charge is 0.315 e. The Bertz CT molecular complexity index is 155. The van der Waals surface area contributed by atoms with Gasteiger partial charge in [-0.3, -0.25) is 0 Å². The Balaban J connectivity index is 2.03. The molecule has 0 aromatic heterocycles. The standard InChI is InChI=1S/C8H16N2O2/c1-6(11)5-9-8(12)10-7-3-2-4-7/h6-7,11H,2-5H2,1H3,(H2,9,10,12)/t6-/m1/s1. The van der Waals surface area contributed by atoms with Crippen LogP contribution in [0, 0.1) is 0 Å². The third-order valence-electron chi connectivity index (χ3n) is 2.00. The van der Waals surface area contributed by atoms with Gasteiger partial charge in [0.1, 0.15) is 0 Å². The minimum absolute atomic E-state index is 0.166. The molecule has 1 fully saturated rings. The first-order chi connectivity index (χ1) is 5.68. The van der Waals surface area contributed by atoms with E-state index in [0.717, 1.165) is 12.8 Å². The molecule has 0 aromatic carbocycles. The third kappa shape index (κ3) is 3.09. The van der Waals surface area contributed by atoms with E-state index in [0.29, 0.717) is 12.6 Å². The molecule has 0 bridgehead atoms. The molecule has 1 saturated carbocycles. The number of hydrogen-bond donors (Lipinski definition) is 3. The molecular formula is C8H16N2O2. The lowest BCUT2D eigenvalue weighted by Crippen LogP contribution is -2.46. The zero-order valence-corrected chi connectivity index (χ0v) is 7.34. The summed E-state index contributed by atoms with van der Waals surface area (Å²) in [6.45, 7) is 1.96. The van der Waals surface area contributed by atoms with E-state index < -0.39 is 6.10 Å². The molecule has 3 N–H and O–H groups in total. The number of aliphatic hydroxyl groups is 1. The summed E-state index contributed by atoms with van der Waals surface area (Å²) in [6.07, 6.45) is 2.91. The van der Waals surface area contributed by atoms with Crippen molar-refractivity contribution in [1.29, 1.82) is 0 Å². The van der Waals surface area contributed by atoms with Crippen LogP contribution in [0.2, 0.25) is 0 Å². The number of carbonyl (C=O) groups excluding carboxylic acids is 1. The van der Waals surface area contributed by atoms with Crippen LogP contribution in [0.5, 0.6) is 0 Å². The molecule has 0 unspecified atom stereocenters. The highest BCUT2D eigenvalue weighted by Crippen LogP contribution is 2.17. The van der Waals surface area contributed by atoms with Crippen molar-refractivity contribution in [3.63, 3.8) is 0 Å². The van der Waals surface area contributed by atoms with Crippen LogP contribution in [0.25, 0.3) is 0 Å². The van der Waals surface area contributed by atoms with E-state index in [1.54, 1.807) is 6.92 Å². The van der Waals surface area contributed by atoms with Crippen LogP contribution >= 0.6 is 0 Å². The molecule has 1 rings (SSSR count). The summed E-state index contributed by atoms with van der Waals surface area (Å²) < 4.78 is 0. The molecule has 70 valence electrons. The fourth-order valence-electron chi connectivity index (χ4n) is 1.03. The molecule has 0 heterocycles. The van der Waals surface area contributed by atoms with E-state index in [-0.39, 0.29) is 6.03 Å². The van der Waals surface area contributed by atoms with Crippen molar-refractivity contribution in [3.8, 4) is 0 Å². The Morgan fingerprint density at radius 2 is 2.33 bits per heavy atom. The number of nitrogens with one attached hydrogen (secondary N) is 2. The van der Waals surface area contributed by atoms with Gasteiger partial charge in [-0.1, -0.05) is 0 Å². The van der Waals surface area contributed by atoms with Crippen LogP contribution in [-0.2, 0) is 0 Å². The Labute approximate surface area is 72.3 Å². The maximum absolute atomic E-state index is 11.0. The predicted molar refractivity (Wildman–Crippen MR) is 45.9 cm³/mol. The number of hydrogen-bond acceptors (Lipinski definition) is 2. The van der Waals surface area contributed by atoms with Crippen molar-refractivity contribution in [2.45, 2.75) is 38.3 Å². The van der Waals surface area contributed by atoms with Crippen molar-refractivity contribution >= 4 is 6.03 Å². The quantitative estimate of drug-likeness (QED) is 0.570. The highest BCUT2D eigenvalue weighted by Gasteiger charge is 2.18. The SMILES string of the molecule is C[C@@H](O)CNC(=O)NC1CCC1. The lowest BCUT2D eigenvalue weighted by molar-refractivity contribution is 0.185. The number of carbonyl (C=O) groups is 1. The van der Waals surface area contributed by atoms with Crippen LogP contribution in [-0.4, -0.2) is 29.8 Å². The first kappa shape index (κ1) is 9.32. The molecule has 0 aliphatic heterocycles. The van der Waals surface area contributed by atoms with Gasteiger partial charge >= 0.3 is 6.03 Å². The molecule has 4 heteroatoms. The van der Waals surface area contributed by atoms with E-state index in [2.05, 4.69) is 10.6 Å². The lowest BCUT2D eigenvalue weighted by atomic mass is 9.93. The van der Waals surface area contributed by atoms with Gasteiger partial charge in [-0.25, -0.2) is 4.79 Å². The molecule has 1 aliphatic rings. The first-order valence-corrected chi connectivity index (χ1v) is 4.41. The highest BCUT2D eigenvalue weighted by molar-refractivity contribution is 5.74. The Hall–Kier alpha value is -0.770. The molecule has 1 aliphatic carbocycles. The van der Waals surface area contributed by atoms with Crippen LogP contribution in [0.15, 0.2) is 0 Å². The topological polar surface area (TPSA) is 61.4 Å². The van der Waals surface area contributed by atoms with Gasteiger partial charge in [0.15, 0.2) is 0 Å². The van der Waals surface area contributed by atoms with Gasteiger partial charge in [0.05, 0.1) is 6.10 Å². The van der Waals surface area contributed by atoms with Gasteiger partial charge in [0, 0.05) is 12.6 Å². The summed E-state index contributed by atoms with van der Waals surface area (Å²) in [6, 6.07) is 0.194. The van der Waals surface area contributed by atoms with Gasteiger partial charge in [-0.15, -0.1) is 0 Å². The van der Waals surface area contributed by atoms with Crippen LogP contribution in [0.3, 0.4) is 0 Å². The zero-order chi connectivity index (χ0) is 8.97. The molecule has 0 aromatic rings. The summed E-state index contributed by atoms with van der Waals surface area (Å²) in [5, 5.41) is 14.3. The molecule has 12 heavy (non-hydrogen) atoms. The van der Waals surface area contributed by atoms with E-state index in [1.165, 1.54) is 6.42 Å². The van der Waals surface area contributed by atoms with Crippen molar-refractivity contribution in [1.82, 2.24) is 10.6 Å². The van der Waals surface area contributed by atoms with E-state index >= 15 is 0 Å². The minimum Gasteiger partial charge on any atom is -0.392 e. The molecule has 0 saturated heterocycles. The molecule has 0 radical (unpaired) electrons. The van der Waals surface area contributed by atoms with Gasteiger partial charge in [0.2, 0.25) is 0 Å². The molecule has 1 atom stereocenters. The summed E-state index contributed by atoms with van der Waals surface area (Å²) >= 11 is 0. The molecule has 0 spiro atoms. The fraction of sp³-hybridized carbons (Fsp3) is 0.875. The van der Waals surface area contributed by atoms with Crippen molar-refractivity contribution in [2.24, 2.45) is 0 Å². The zero-order valence-electron chi connectivity index (χ0n) is 7.34. The first-order valence-electron chi connectivity index (χ1n) is 4.41. The predicted octanol–water partition coefficient (Wildman–Crippen LogP) is 0.219. The van der Waals surface area contributed by atoms with Crippen molar-refractivity contribution in [3.05, 3.63) is 0 Å². The second-order valence-electron chi connectivity index (χ2n) is 3.33. The second-order valence-corrected chi connectivity index (χ2v) is 3.33. The average Bonchev–Trinajstić information content (AvgIpc) is 1.93. The number of urea groups is 1. The van der Waals surface area contributed by atoms with Crippen molar-refractivity contribution < 1.29 is 9.90 Å². The summed E-state index contributed by atoms with van der Waals surface area (Å²) in [5.41, 5.74) is 0. The summed E-state index contributed by atoms with van der Waals surface area (Å²) in [4.78, 5) is 11.0. The summed E-state index contributed by atoms with van der Waals surface area (Å²) in [7, 11) is 0. The second kappa shape index (κ2) is 4.30.